The van der Waals surface area contributed by atoms with Gasteiger partial charge in [0, 0.05) is 11.1 Å². The number of hydrogen-bond donors (Lipinski definition) is 1. The molecule has 0 saturated heterocycles. The first-order valence-corrected chi connectivity index (χ1v) is 9.76. The van der Waals surface area contributed by atoms with Gasteiger partial charge in [0.1, 0.15) is 5.84 Å². The van der Waals surface area contributed by atoms with Gasteiger partial charge in [-0.25, -0.2) is 4.99 Å². The Balaban J connectivity index is 2.10. The lowest BCUT2D eigenvalue weighted by molar-refractivity contribution is 0.598. The second-order valence-electron chi connectivity index (χ2n) is 5.93. The minimum atomic E-state index is -3.92. The second kappa shape index (κ2) is 7.97. The van der Waals surface area contributed by atoms with E-state index in [1.807, 2.05) is 37.3 Å². The van der Waals surface area contributed by atoms with Gasteiger partial charge in [-0.15, -0.1) is 4.40 Å². The molecular weight excluding hydrogens is 358 g/mol. The predicted molar refractivity (Wildman–Crippen MR) is 109 cm³/mol. The molecule has 0 saturated carbocycles. The van der Waals surface area contributed by atoms with Crippen molar-refractivity contribution in [2.75, 3.05) is 0 Å². The Hall–Kier alpha value is -3.25. The molecule has 0 unspecified atom stereocenters. The van der Waals surface area contributed by atoms with E-state index in [-0.39, 0.29) is 16.6 Å². The Bertz CT molecular complexity index is 1070. The van der Waals surface area contributed by atoms with Crippen LogP contribution in [0.3, 0.4) is 0 Å². The molecule has 3 rings (SSSR count). The van der Waals surface area contributed by atoms with Crippen LogP contribution in [-0.2, 0) is 10.0 Å². The number of sulfonamides is 1. The molecule has 0 aliphatic rings. The molecule has 0 aromatic heterocycles. The third kappa shape index (κ3) is 4.68. The van der Waals surface area contributed by atoms with E-state index in [9.17, 15) is 8.42 Å². The first-order chi connectivity index (χ1) is 13.0. The third-order valence-corrected chi connectivity index (χ3v) is 5.13. The van der Waals surface area contributed by atoms with Gasteiger partial charge in [-0.3, -0.25) is 0 Å². The van der Waals surface area contributed by atoms with E-state index in [1.165, 1.54) is 12.1 Å². The van der Waals surface area contributed by atoms with Gasteiger partial charge in [0.25, 0.3) is 10.0 Å². The first-order valence-electron chi connectivity index (χ1n) is 8.32. The van der Waals surface area contributed by atoms with Gasteiger partial charge >= 0.3 is 0 Å². The number of benzene rings is 3. The number of nitrogens with two attached hydrogens (primary N) is 1. The quantitative estimate of drug-likeness (QED) is 0.557. The van der Waals surface area contributed by atoms with Crippen LogP contribution in [0.2, 0.25) is 0 Å². The van der Waals surface area contributed by atoms with Crippen molar-refractivity contribution >= 4 is 21.7 Å². The Labute approximate surface area is 159 Å². The minimum Gasteiger partial charge on any atom is -0.383 e. The van der Waals surface area contributed by atoms with Gasteiger partial charge in [0.2, 0.25) is 0 Å². The molecule has 0 bridgehead atoms. The Kier molecular flexibility index (Phi) is 5.47. The molecular formula is C21H19N3O2S. The van der Waals surface area contributed by atoms with Crippen LogP contribution in [0.1, 0.15) is 16.7 Å². The summed E-state index contributed by atoms with van der Waals surface area (Å²) in [5.41, 5.74) is 8.47. The van der Waals surface area contributed by atoms with Gasteiger partial charge in [-0.2, -0.15) is 8.42 Å². The van der Waals surface area contributed by atoms with Crippen LogP contribution in [-0.4, -0.2) is 20.1 Å². The maximum absolute atomic E-state index is 12.7. The first kappa shape index (κ1) is 18.5. The zero-order valence-electron chi connectivity index (χ0n) is 14.8. The topological polar surface area (TPSA) is 84.9 Å². The molecule has 0 atom stereocenters. The lowest BCUT2D eigenvalue weighted by Gasteiger charge is -2.06. The molecule has 5 nitrogen and oxygen atoms in total. The largest absolute Gasteiger partial charge is 0.383 e. The number of amidine groups is 2. The molecule has 2 N–H and O–H groups in total. The molecule has 0 aliphatic heterocycles. The normalized spacial score (nSPS) is 12.8. The van der Waals surface area contributed by atoms with Gasteiger partial charge in [-0.1, -0.05) is 78.4 Å². The molecule has 0 fully saturated rings. The van der Waals surface area contributed by atoms with Crippen molar-refractivity contribution in [1.29, 1.82) is 0 Å². The third-order valence-electron chi connectivity index (χ3n) is 3.85. The number of hydrogen-bond acceptors (Lipinski definition) is 2. The van der Waals surface area contributed by atoms with E-state index in [0.717, 1.165) is 5.56 Å². The molecule has 0 spiro atoms. The summed E-state index contributed by atoms with van der Waals surface area (Å²) < 4.78 is 29.3. The molecule has 136 valence electrons. The van der Waals surface area contributed by atoms with Crippen LogP contribution in [0.15, 0.2) is 99.2 Å². The fourth-order valence-corrected chi connectivity index (χ4v) is 3.37. The van der Waals surface area contributed by atoms with Crippen molar-refractivity contribution in [3.63, 3.8) is 0 Å². The predicted octanol–water partition coefficient (Wildman–Crippen LogP) is 3.54. The smallest absolute Gasteiger partial charge is 0.284 e. The van der Waals surface area contributed by atoms with E-state index >= 15 is 0 Å². The number of nitrogens with zero attached hydrogens (tertiary/aromatic N) is 2. The number of rotatable bonds is 4. The van der Waals surface area contributed by atoms with Crippen molar-refractivity contribution < 1.29 is 8.42 Å². The van der Waals surface area contributed by atoms with Crippen LogP contribution in [0.5, 0.6) is 0 Å². The highest BCUT2D eigenvalue weighted by atomic mass is 32.2. The highest BCUT2D eigenvalue weighted by Gasteiger charge is 2.15. The van der Waals surface area contributed by atoms with E-state index < -0.39 is 10.0 Å². The number of aliphatic imine (C=N–C) groups is 1. The summed E-state index contributed by atoms with van der Waals surface area (Å²) in [6.45, 7) is 1.97. The maximum atomic E-state index is 12.7. The lowest BCUT2D eigenvalue weighted by atomic mass is 10.1. The summed E-state index contributed by atoms with van der Waals surface area (Å²) >= 11 is 0. The monoisotopic (exact) mass is 377 g/mol. The van der Waals surface area contributed by atoms with Crippen LogP contribution in [0.4, 0.5) is 0 Å². The van der Waals surface area contributed by atoms with Crippen molar-refractivity contribution in [3.8, 4) is 0 Å². The summed E-state index contributed by atoms with van der Waals surface area (Å²) in [7, 11) is -3.92. The van der Waals surface area contributed by atoms with E-state index in [4.69, 9.17) is 5.73 Å². The maximum Gasteiger partial charge on any atom is 0.284 e. The van der Waals surface area contributed by atoms with E-state index in [2.05, 4.69) is 9.39 Å². The lowest BCUT2D eigenvalue weighted by Crippen LogP contribution is -2.17. The Morgan fingerprint density at radius 2 is 1.33 bits per heavy atom. The van der Waals surface area contributed by atoms with E-state index in [1.54, 1.807) is 42.5 Å². The highest BCUT2D eigenvalue weighted by molar-refractivity contribution is 7.90. The fourth-order valence-electron chi connectivity index (χ4n) is 2.39. The summed E-state index contributed by atoms with van der Waals surface area (Å²) in [5, 5.41) is 0. The van der Waals surface area contributed by atoms with Gasteiger partial charge in [0.15, 0.2) is 5.84 Å². The average molecular weight is 377 g/mol. The van der Waals surface area contributed by atoms with Crippen molar-refractivity contribution in [1.82, 2.24) is 0 Å². The van der Waals surface area contributed by atoms with Crippen LogP contribution >= 0.6 is 0 Å². The SMILES string of the molecule is Cc1ccc(C(N)=NC(=NS(=O)(=O)c2ccccc2)c2ccccc2)cc1. The Morgan fingerprint density at radius 1 is 0.778 bits per heavy atom. The molecule has 3 aromatic carbocycles. The van der Waals surface area contributed by atoms with Crippen LogP contribution in [0.25, 0.3) is 0 Å². The molecule has 6 heteroatoms. The molecule has 0 amide bonds. The fraction of sp³-hybridized carbons (Fsp3) is 0.0476. The van der Waals surface area contributed by atoms with Crippen LogP contribution in [0, 0.1) is 6.92 Å². The van der Waals surface area contributed by atoms with Crippen molar-refractivity contribution in [2.24, 2.45) is 15.1 Å². The van der Waals surface area contributed by atoms with Gasteiger partial charge in [-0.05, 0) is 19.1 Å². The summed E-state index contributed by atoms with van der Waals surface area (Å²) in [4.78, 5) is 4.42. The highest BCUT2D eigenvalue weighted by Crippen LogP contribution is 2.15. The van der Waals surface area contributed by atoms with Gasteiger partial charge in [0.05, 0.1) is 4.90 Å². The van der Waals surface area contributed by atoms with Gasteiger partial charge < -0.3 is 5.73 Å². The molecule has 3 aromatic rings. The van der Waals surface area contributed by atoms with E-state index in [0.29, 0.717) is 11.1 Å². The second-order valence-corrected chi connectivity index (χ2v) is 7.54. The zero-order chi connectivity index (χ0) is 19.3. The minimum absolute atomic E-state index is 0.0394. The molecule has 0 heterocycles. The van der Waals surface area contributed by atoms with Crippen molar-refractivity contribution in [2.45, 2.75) is 11.8 Å². The standard InChI is InChI=1S/C21H19N3O2S/c1-16-12-14-17(15-13-16)20(22)23-21(18-8-4-2-5-9-18)24-27(25,26)19-10-6-3-7-11-19/h2-15H,1H3,(H2,22,23,24). The molecule has 27 heavy (non-hydrogen) atoms. The zero-order valence-corrected chi connectivity index (χ0v) is 15.6. The molecule has 0 radical (unpaired) electrons. The summed E-state index contributed by atoms with van der Waals surface area (Å²) in [5.74, 6) is 0.235. The average Bonchev–Trinajstić information content (AvgIpc) is 2.69. The summed E-state index contributed by atoms with van der Waals surface area (Å²) in [6.07, 6.45) is 0. The number of aryl methyl sites for hydroxylation is 1. The Morgan fingerprint density at radius 3 is 1.93 bits per heavy atom. The molecule has 0 aliphatic carbocycles. The summed E-state index contributed by atoms with van der Waals surface area (Å²) in [6, 6.07) is 24.4. The van der Waals surface area contributed by atoms with Crippen LogP contribution < -0.4 is 5.73 Å². The van der Waals surface area contributed by atoms with Crippen molar-refractivity contribution in [3.05, 3.63) is 102 Å².